The fourth-order valence-electron chi connectivity index (χ4n) is 1.53. The van der Waals surface area contributed by atoms with E-state index in [0.29, 0.717) is 5.56 Å². The summed E-state index contributed by atoms with van der Waals surface area (Å²) < 4.78 is 27.5. The van der Waals surface area contributed by atoms with Crippen LogP contribution in [0.1, 0.15) is 15.9 Å². The summed E-state index contributed by atoms with van der Waals surface area (Å²) in [5, 5.41) is 12.5. The Labute approximate surface area is 115 Å². The van der Waals surface area contributed by atoms with Crippen LogP contribution < -0.4 is 4.72 Å². The molecule has 8 nitrogen and oxygen atoms in total. The summed E-state index contributed by atoms with van der Waals surface area (Å²) in [7, 11) is -2.07. The predicted octanol–water partition coefficient (Wildman–Crippen LogP) is 0.455. The number of aryl methyl sites for hydroxylation is 1. The summed E-state index contributed by atoms with van der Waals surface area (Å²) in [6, 6.07) is 5.63. The Morgan fingerprint density at radius 1 is 1.35 bits per heavy atom. The van der Waals surface area contributed by atoms with Crippen molar-refractivity contribution in [1.29, 1.82) is 0 Å². The molecule has 20 heavy (non-hydrogen) atoms. The number of aromatic carboxylic acids is 1. The van der Waals surface area contributed by atoms with Crippen LogP contribution in [0, 0.1) is 0 Å². The largest absolute Gasteiger partial charge is 0.478 e. The normalized spacial score (nSPS) is 11.2. The lowest BCUT2D eigenvalue weighted by atomic mass is 10.1. The highest BCUT2D eigenvalue weighted by Gasteiger charge is 2.15. The second-order valence-corrected chi connectivity index (χ2v) is 5.79. The maximum absolute atomic E-state index is 11.9. The molecular formula is C11H12N4O4S. The van der Waals surface area contributed by atoms with Gasteiger partial charge in [0.15, 0.2) is 0 Å². The summed E-state index contributed by atoms with van der Waals surface area (Å²) in [6.07, 6.45) is 1.24. The molecule has 0 aliphatic carbocycles. The summed E-state index contributed by atoms with van der Waals surface area (Å²) in [6.45, 7) is 0. The lowest BCUT2D eigenvalue weighted by Crippen LogP contribution is -2.18. The molecule has 0 atom stereocenters. The van der Waals surface area contributed by atoms with Gasteiger partial charge in [-0.15, -0.1) is 0 Å². The van der Waals surface area contributed by atoms with Gasteiger partial charge >= 0.3 is 5.97 Å². The van der Waals surface area contributed by atoms with Crippen LogP contribution in [0.5, 0.6) is 0 Å². The average Bonchev–Trinajstić information content (AvgIpc) is 2.74. The van der Waals surface area contributed by atoms with Crippen molar-refractivity contribution in [3.05, 3.63) is 41.7 Å². The van der Waals surface area contributed by atoms with Gasteiger partial charge in [-0.2, -0.15) is 10.1 Å². The van der Waals surface area contributed by atoms with E-state index < -0.39 is 16.0 Å². The number of carboxylic acids is 1. The smallest absolute Gasteiger partial charge is 0.335 e. The molecule has 0 aliphatic rings. The number of hydrogen-bond acceptors (Lipinski definition) is 5. The Morgan fingerprint density at radius 2 is 2.00 bits per heavy atom. The number of benzene rings is 1. The van der Waals surface area contributed by atoms with Crippen LogP contribution in [0.4, 0.5) is 5.95 Å². The van der Waals surface area contributed by atoms with Crippen LogP contribution in [0.3, 0.4) is 0 Å². The van der Waals surface area contributed by atoms with E-state index in [-0.39, 0.29) is 17.3 Å². The Hall–Kier alpha value is -2.42. The number of rotatable bonds is 5. The number of nitrogens with one attached hydrogen (secondary N) is 1. The molecule has 0 fully saturated rings. The lowest BCUT2D eigenvalue weighted by molar-refractivity contribution is 0.0697. The van der Waals surface area contributed by atoms with Gasteiger partial charge in [-0.05, 0) is 17.7 Å². The second-order valence-electron chi connectivity index (χ2n) is 4.07. The zero-order valence-corrected chi connectivity index (χ0v) is 11.3. The van der Waals surface area contributed by atoms with E-state index in [1.807, 2.05) is 0 Å². The van der Waals surface area contributed by atoms with Crippen molar-refractivity contribution < 1.29 is 18.3 Å². The van der Waals surface area contributed by atoms with E-state index >= 15 is 0 Å². The fraction of sp³-hybridized carbons (Fsp3) is 0.182. The van der Waals surface area contributed by atoms with E-state index in [1.165, 1.54) is 35.3 Å². The maximum Gasteiger partial charge on any atom is 0.335 e. The molecule has 0 bridgehead atoms. The average molecular weight is 296 g/mol. The molecule has 9 heteroatoms. The Bertz CT molecular complexity index is 721. The molecule has 0 spiro atoms. The molecule has 2 rings (SSSR count). The van der Waals surface area contributed by atoms with Crippen molar-refractivity contribution in [3.8, 4) is 0 Å². The van der Waals surface area contributed by atoms with E-state index in [4.69, 9.17) is 5.11 Å². The van der Waals surface area contributed by atoms with Gasteiger partial charge in [0.25, 0.3) is 0 Å². The fourth-order valence-corrected chi connectivity index (χ4v) is 2.69. The maximum atomic E-state index is 11.9. The standard InChI is InChI=1S/C11H12N4O4S/c1-15-11(12-7-13-15)14-20(18,19)6-8-2-4-9(5-3-8)10(16)17/h2-5,7H,6H2,1H3,(H,16,17)(H,12,13,14). The highest BCUT2D eigenvalue weighted by atomic mass is 32.2. The van der Waals surface area contributed by atoms with E-state index in [2.05, 4.69) is 14.8 Å². The molecule has 0 unspecified atom stereocenters. The number of anilines is 1. The minimum atomic E-state index is -3.63. The van der Waals surface area contributed by atoms with Gasteiger partial charge in [0.05, 0.1) is 11.3 Å². The minimum absolute atomic E-state index is 0.104. The first-order chi connectivity index (χ1) is 9.37. The first-order valence-corrected chi connectivity index (χ1v) is 7.19. The zero-order chi connectivity index (χ0) is 14.8. The number of carboxylic acid groups (broad SMARTS) is 1. The predicted molar refractivity (Wildman–Crippen MR) is 70.7 cm³/mol. The van der Waals surface area contributed by atoms with Gasteiger partial charge in [-0.1, -0.05) is 12.1 Å². The second kappa shape index (κ2) is 5.29. The molecule has 0 amide bonds. The Morgan fingerprint density at radius 3 is 2.50 bits per heavy atom. The van der Waals surface area contributed by atoms with Crippen molar-refractivity contribution in [3.63, 3.8) is 0 Å². The van der Waals surface area contributed by atoms with Gasteiger partial charge in [0, 0.05) is 7.05 Å². The van der Waals surface area contributed by atoms with Crippen molar-refractivity contribution >= 4 is 21.9 Å². The molecule has 106 valence electrons. The third-order valence-corrected chi connectivity index (χ3v) is 3.72. The van der Waals surface area contributed by atoms with E-state index in [0.717, 1.165) is 0 Å². The summed E-state index contributed by atoms with van der Waals surface area (Å²) in [5.74, 6) is -1.22. The van der Waals surface area contributed by atoms with Crippen LogP contribution in [-0.2, 0) is 22.8 Å². The summed E-state index contributed by atoms with van der Waals surface area (Å²) >= 11 is 0. The van der Waals surface area contributed by atoms with Crippen molar-refractivity contribution in [2.75, 3.05) is 4.72 Å². The molecule has 2 aromatic rings. The topological polar surface area (TPSA) is 114 Å². The van der Waals surface area contributed by atoms with Crippen LogP contribution >= 0.6 is 0 Å². The van der Waals surface area contributed by atoms with Crippen molar-refractivity contribution in [2.24, 2.45) is 7.05 Å². The van der Waals surface area contributed by atoms with Gasteiger partial charge in [-0.3, -0.25) is 4.72 Å². The minimum Gasteiger partial charge on any atom is -0.478 e. The van der Waals surface area contributed by atoms with Crippen LogP contribution in [0.2, 0.25) is 0 Å². The van der Waals surface area contributed by atoms with Gasteiger partial charge in [0.1, 0.15) is 6.33 Å². The molecule has 1 heterocycles. The first kappa shape index (κ1) is 14.0. The number of aromatic nitrogens is 3. The highest BCUT2D eigenvalue weighted by Crippen LogP contribution is 2.11. The molecule has 0 radical (unpaired) electrons. The third kappa shape index (κ3) is 3.32. The molecule has 2 N–H and O–H groups in total. The van der Waals surface area contributed by atoms with Crippen LogP contribution in [0.15, 0.2) is 30.6 Å². The monoisotopic (exact) mass is 296 g/mol. The first-order valence-electron chi connectivity index (χ1n) is 5.54. The number of nitrogens with zero attached hydrogens (tertiary/aromatic N) is 3. The van der Waals surface area contributed by atoms with Crippen LogP contribution in [-0.4, -0.2) is 34.3 Å². The Balaban J connectivity index is 2.12. The third-order valence-electron chi connectivity index (χ3n) is 2.52. The summed E-state index contributed by atoms with van der Waals surface area (Å²) in [5.41, 5.74) is 0.581. The zero-order valence-electron chi connectivity index (χ0n) is 10.5. The Kier molecular flexibility index (Phi) is 3.70. The molecule has 0 saturated carbocycles. The molecule has 0 aliphatic heterocycles. The molecule has 1 aromatic carbocycles. The lowest BCUT2D eigenvalue weighted by Gasteiger charge is -2.07. The van der Waals surface area contributed by atoms with Gasteiger partial charge in [-0.25, -0.2) is 17.9 Å². The number of hydrogen-bond donors (Lipinski definition) is 2. The summed E-state index contributed by atoms with van der Waals surface area (Å²) in [4.78, 5) is 14.5. The van der Waals surface area contributed by atoms with Crippen LogP contribution in [0.25, 0.3) is 0 Å². The quantitative estimate of drug-likeness (QED) is 0.828. The SMILES string of the molecule is Cn1ncnc1NS(=O)(=O)Cc1ccc(C(=O)O)cc1. The molecule has 0 saturated heterocycles. The highest BCUT2D eigenvalue weighted by molar-refractivity contribution is 7.91. The molecule has 1 aromatic heterocycles. The van der Waals surface area contributed by atoms with Crippen molar-refractivity contribution in [1.82, 2.24) is 14.8 Å². The van der Waals surface area contributed by atoms with E-state index in [1.54, 1.807) is 7.05 Å². The molecular weight excluding hydrogens is 284 g/mol. The number of sulfonamides is 1. The van der Waals surface area contributed by atoms with Crippen molar-refractivity contribution in [2.45, 2.75) is 5.75 Å². The van der Waals surface area contributed by atoms with Gasteiger partial charge < -0.3 is 5.11 Å². The number of carbonyl (C=O) groups is 1. The van der Waals surface area contributed by atoms with Gasteiger partial charge in [0.2, 0.25) is 16.0 Å². The van der Waals surface area contributed by atoms with E-state index in [9.17, 15) is 13.2 Å².